The number of hydrogen-bond acceptors (Lipinski definition) is 2. The first kappa shape index (κ1) is 13.5. The molecule has 1 aliphatic rings. The van der Waals surface area contributed by atoms with Gasteiger partial charge in [-0.25, -0.2) is 4.79 Å². The Morgan fingerprint density at radius 1 is 1.37 bits per heavy atom. The lowest BCUT2D eigenvalue weighted by molar-refractivity contribution is 0.255. The molecule has 0 spiro atoms. The highest BCUT2D eigenvalue weighted by Gasteiger charge is 2.11. The first-order valence-corrected chi connectivity index (χ1v) is 6.75. The van der Waals surface area contributed by atoms with Crippen molar-refractivity contribution in [1.29, 1.82) is 0 Å². The summed E-state index contributed by atoms with van der Waals surface area (Å²) in [5, 5.41) is 5.47. The molecule has 1 fully saturated rings. The van der Waals surface area contributed by atoms with Crippen molar-refractivity contribution < 1.29 is 4.79 Å². The van der Waals surface area contributed by atoms with Crippen molar-refractivity contribution >= 4 is 17.4 Å². The molecular formula is C15H21N3O. The van der Waals surface area contributed by atoms with E-state index in [2.05, 4.69) is 16.7 Å². The zero-order chi connectivity index (χ0) is 13.7. The van der Waals surface area contributed by atoms with Crippen LogP contribution in [0, 0.1) is 12.8 Å². The largest absolute Gasteiger partial charge is 0.397 e. The van der Waals surface area contributed by atoms with E-state index >= 15 is 0 Å². The number of hydrogen-bond donors (Lipinski definition) is 3. The maximum atomic E-state index is 11.7. The highest BCUT2D eigenvalue weighted by molar-refractivity contribution is 5.93. The second kappa shape index (κ2) is 6.27. The van der Waals surface area contributed by atoms with E-state index in [1.807, 2.05) is 19.1 Å². The molecule has 102 valence electrons. The van der Waals surface area contributed by atoms with Crippen molar-refractivity contribution in [2.24, 2.45) is 5.92 Å². The third-order valence-corrected chi connectivity index (χ3v) is 3.44. The summed E-state index contributed by atoms with van der Waals surface area (Å²) in [5.74, 6) is 0.615. The van der Waals surface area contributed by atoms with Gasteiger partial charge in [-0.05, 0) is 43.4 Å². The number of amides is 2. The summed E-state index contributed by atoms with van der Waals surface area (Å²) in [6.07, 6.45) is 8.85. The van der Waals surface area contributed by atoms with Crippen LogP contribution in [0.2, 0.25) is 0 Å². The Balaban J connectivity index is 1.85. The Labute approximate surface area is 114 Å². The van der Waals surface area contributed by atoms with Gasteiger partial charge in [-0.3, -0.25) is 0 Å². The number of aryl methyl sites for hydroxylation is 1. The molecule has 19 heavy (non-hydrogen) atoms. The van der Waals surface area contributed by atoms with Crippen molar-refractivity contribution in [1.82, 2.24) is 5.32 Å². The monoisotopic (exact) mass is 259 g/mol. The van der Waals surface area contributed by atoms with Crippen molar-refractivity contribution in [3.05, 3.63) is 36.0 Å². The number of rotatable bonds is 3. The molecule has 0 heterocycles. The lowest BCUT2D eigenvalue weighted by Gasteiger charge is -2.09. The normalized spacial score (nSPS) is 15.8. The number of nitrogens with two attached hydrogens (primary N) is 1. The predicted molar refractivity (Wildman–Crippen MR) is 78.8 cm³/mol. The van der Waals surface area contributed by atoms with Crippen molar-refractivity contribution in [3.63, 3.8) is 0 Å². The van der Waals surface area contributed by atoms with Crippen LogP contribution in [0.1, 0.15) is 31.2 Å². The molecule has 1 saturated carbocycles. The number of urea groups is 1. The van der Waals surface area contributed by atoms with Crippen LogP contribution in [0.4, 0.5) is 16.2 Å². The SMILES string of the molecule is Cc1ccc(N)c(NC(=O)N/C=C/C2CCCC2)c1. The molecule has 0 aromatic heterocycles. The average Bonchev–Trinajstić information content (AvgIpc) is 2.87. The number of anilines is 2. The number of carbonyl (C=O) groups excluding carboxylic acids is 1. The van der Waals surface area contributed by atoms with Gasteiger partial charge in [0.05, 0.1) is 11.4 Å². The summed E-state index contributed by atoms with van der Waals surface area (Å²) >= 11 is 0. The topological polar surface area (TPSA) is 67.1 Å². The van der Waals surface area contributed by atoms with E-state index in [9.17, 15) is 4.79 Å². The molecule has 0 radical (unpaired) electrons. The minimum atomic E-state index is -0.258. The fourth-order valence-electron chi connectivity index (χ4n) is 2.35. The van der Waals surface area contributed by atoms with Gasteiger partial charge in [0.1, 0.15) is 0 Å². The lowest BCUT2D eigenvalue weighted by atomic mass is 10.1. The standard InChI is InChI=1S/C15H21N3O/c1-11-6-7-13(16)14(10-11)18-15(19)17-9-8-12-4-2-3-5-12/h6-10,12H,2-5,16H2,1H3,(H2,17,18,19)/b9-8+. The highest BCUT2D eigenvalue weighted by atomic mass is 16.2. The van der Waals surface area contributed by atoms with Gasteiger partial charge >= 0.3 is 6.03 Å². The van der Waals surface area contributed by atoms with Crippen LogP contribution in [-0.4, -0.2) is 6.03 Å². The molecule has 0 bridgehead atoms. The van der Waals surface area contributed by atoms with E-state index in [0.29, 0.717) is 17.3 Å². The minimum absolute atomic E-state index is 0.258. The second-order valence-corrected chi connectivity index (χ2v) is 5.09. The van der Waals surface area contributed by atoms with E-state index in [4.69, 9.17) is 5.73 Å². The number of allylic oxidation sites excluding steroid dienone is 1. The van der Waals surface area contributed by atoms with E-state index < -0.39 is 0 Å². The summed E-state index contributed by atoms with van der Waals surface area (Å²) in [4.78, 5) is 11.7. The fraction of sp³-hybridized carbons (Fsp3) is 0.400. The Kier molecular flexibility index (Phi) is 4.44. The Morgan fingerprint density at radius 2 is 2.11 bits per heavy atom. The highest BCUT2D eigenvalue weighted by Crippen LogP contribution is 2.25. The molecule has 1 aromatic rings. The fourth-order valence-corrected chi connectivity index (χ4v) is 2.35. The van der Waals surface area contributed by atoms with Gasteiger partial charge in [-0.2, -0.15) is 0 Å². The van der Waals surface area contributed by atoms with Gasteiger partial charge in [0.25, 0.3) is 0 Å². The minimum Gasteiger partial charge on any atom is -0.397 e. The summed E-state index contributed by atoms with van der Waals surface area (Å²) in [6, 6.07) is 5.30. The predicted octanol–water partition coefficient (Wildman–Crippen LogP) is 3.40. The number of benzene rings is 1. The van der Waals surface area contributed by atoms with Crippen LogP contribution < -0.4 is 16.4 Å². The molecular weight excluding hydrogens is 238 g/mol. The quantitative estimate of drug-likeness (QED) is 0.728. The second-order valence-electron chi connectivity index (χ2n) is 5.09. The van der Waals surface area contributed by atoms with E-state index in [1.165, 1.54) is 25.7 Å². The molecule has 4 N–H and O–H groups in total. The molecule has 1 aliphatic carbocycles. The van der Waals surface area contributed by atoms with Crippen LogP contribution in [0.5, 0.6) is 0 Å². The molecule has 0 saturated heterocycles. The van der Waals surface area contributed by atoms with Crippen molar-refractivity contribution in [2.45, 2.75) is 32.6 Å². The summed E-state index contributed by atoms with van der Waals surface area (Å²) in [7, 11) is 0. The summed E-state index contributed by atoms with van der Waals surface area (Å²) < 4.78 is 0. The first-order valence-electron chi connectivity index (χ1n) is 6.75. The molecule has 0 unspecified atom stereocenters. The van der Waals surface area contributed by atoms with Crippen LogP contribution in [-0.2, 0) is 0 Å². The van der Waals surface area contributed by atoms with E-state index in [1.54, 1.807) is 12.3 Å². The van der Waals surface area contributed by atoms with Gasteiger partial charge < -0.3 is 16.4 Å². The Morgan fingerprint density at radius 3 is 2.84 bits per heavy atom. The Bertz CT molecular complexity index is 476. The van der Waals surface area contributed by atoms with Gasteiger partial charge in [0.15, 0.2) is 0 Å². The number of carbonyl (C=O) groups is 1. The van der Waals surface area contributed by atoms with Crippen LogP contribution in [0.3, 0.4) is 0 Å². The van der Waals surface area contributed by atoms with Crippen LogP contribution in [0.15, 0.2) is 30.5 Å². The van der Waals surface area contributed by atoms with Crippen molar-refractivity contribution in [2.75, 3.05) is 11.1 Å². The van der Waals surface area contributed by atoms with E-state index in [0.717, 1.165) is 5.56 Å². The smallest absolute Gasteiger partial charge is 0.323 e. The molecule has 0 aliphatic heterocycles. The molecule has 4 heteroatoms. The van der Waals surface area contributed by atoms with Crippen LogP contribution >= 0.6 is 0 Å². The zero-order valence-electron chi connectivity index (χ0n) is 11.3. The number of nitrogens with one attached hydrogen (secondary N) is 2. The molecule has 1 aromatic carbocycles. The maximum absolute atomic E-state index is 11.7. The third-order valence-electron chi connectivity index (χ3n) is 3.44. The van der Waals surface area contributed by atoms with Gasteiger partial charge in [0.2, 0.25) is 0 Å². The molecule has 2 amide bonds. The van der Waals surface area contributed by atoms with E-state index in [-0.39, 0.29) is 6.03 Å². The maximum Gasteiger partial charge on any atom is 0.323 e. The average molecular weight is 259 g/mol. The molecule has 2 rings (SSSR count). The summed E-state index contributed by atoms with van der Waals surface area (Å²) in [5.41, 5.74) is 8.08. The molecule has 0 atom stereocenters. The van der Waals surface area contributed by atoms with Crippen LogP contribution in [0.25, 0.3) is 0 Å². The lowest BCUT2D eigenvalue weighted by Crippen LogP contribution is -2.24. The third kappa shape index (κ3) is 4.02. The van der Waals surface area contributed by atoms with Gasteiger partial charge in [-0.1, -0.05) is 25.0 Å². The molecule has 4 nitrogen and oxygen atoms in total. The summed E-state index contributed by atoms with van der Waals surface area (Å²) in [6.45, 7) is 1.96. The van der Waals surface area contributed by atoms with Gasteiger partial charge in [-0.15, -0.1) is 0 Å². The number of nitrogen functional groups attached to an aromatic ring is 1. The zero-order valence-corrected chi connectivity index (χ0v) is 11.3. The van der Waals surface area contributed by atoms with Gasteiger partial charge in [0, 0.05) is 6.20 Å². The van der Waals surface area contributed by atoms with Crippen molar-refractivity contribution in [3.8, 4) is 0 Å². The first-order chi connectivity index (χ1) is 9.15. The Hall–Kier alpha value is -1.97.